The summed E-state index contributed by atoms with van der Waals surface area (Å²) in [6, 6.07) is 0. The highest BCUT2D eigenvalue weighted by molar-refractivity contribution is 8.00. The van der Waals surface area contributed by atoms with Crippen molar-refractivity contribution in [3.63, 3.8) is 0 Å². The average Bonchev–Trinajstić information content (AvgIpc) is 2.94. The molecule has 0 radical (unpaired) electrons. The molecule has 0 aromatic carbocycles. The molecule has 8 nitrogen and oxygen atoms in total. The number of thioether (sulfide) groups is 2. The summed E-state index contributed by atoms with van der Waals surface area (Å²) in [4.78, 5) is 13.8. The highest BCUT2D eigenvalue weighted by Gasteiger charge is 2.30. The monoisotopic (exact) mass is 421 g/mol. The minimum Gasteiger partial charge on any atom is -0.343 e. The second kappa shape index (κ2) is 9.32. The molecule has 0 saturated heterocycles. The van der Waals surface area contributed by atoms with E-state index in [9.17, 15) is 13.2 Å². The van der Waals surface area contributed by atoms with Gasteiger partial charge in [0.2, 0.25) is 16.2 Å². The van der Waals surface area contributed by atoms with Gasteiger partial charge < -0.3 is 10.7 Å². The van der Waals surface area contributed by atoms with Gasteiger partial charge in [0.25, 0.3) is 0 Å². The highest BCUT2D eigenvalue weighted by atomic mass is 32.2. The first-order chi connectivity index (χ1) is 12.3. The number of rotatable bonds is 8. The lowest BCUT2D eigenvalue weighted by molar-refractivity contribution is -0.127. The van der Waals surface area contributed by atoms with Crippen LogP contribution in [0.2, 0.25) is 0 Å². The van der Waals surface area contributed by atoms with Crippen molar-refractivity contribution in [1.29, 1.82) is 0 Å². The zero-order chi connectivity index (χ0) is 19.3. The highest BCUT2D eigenvalue weighted by Crippen LogP contribution is 2.35. The Kier molecular flexibility index (Phi) is 7.65. The molecule has 1 aromatic heterocycles. The number of sulfone groups is 1. The number of carbonyl (C=O) groups is 1. The Morgan fingerprint density at radius 1 is 1.27 bits per heavy atom. The molecule has 0 bridgehead atoms. The summed E-state index contributed by atoms with van der Waals surface area (Å²) in [7, 11) is -3.02. The molecule has 1 aliphatic rings. The molecule has 1 amide bonds. The Hall–Kier alpha value is -0.940. The average molecular weight is 422 g/mol. The zero-order valence-corrected chi connectivity index (χ0v) is 17.9. The van der Waals surface area contributed by atoms with Crippen molar-refractivity contribution in [2.24, 2.45) is 0 Å². The largest absolute Gasteiger partial charge is 0.343 e. The Morgan fingerprint density at radius 3 is 2.54 bits per heavy atom. The molecule has 2 rings (SSSR count). The predicted molar refractivity (Wildman–Crippen MR) is 106 cm³/mol. The zero-order valence-electron chi connectivity index (χ0n) is 15.4. The lowest BCUT2D eigenvalue weighted by atomic mass is 10.00. The van der Waals surface area contributed by atoms with Gasteiger partial charge in [0.05, 0.1) is 11.0 Å². The van der Waals surface area contributed by atoms with Gasteiger partial charge in [0.1, 0.15) is 9.84 Å². The molecule has 148 valence electrons. The number of nitrogens with two attached hydrogens (primary N) is 1. The number of aromatic nitrogens is 3. The first-order valence-corrected chi connectivity index (χ1v) is 12.5. The van der Waals surface area contributed by atoms with Crippen molar-refractivity contribution in [3.05, 3.63) is 0 Å². The van der Waals surface area contributed by atoms with Gasteiger partial charge in [-0.05, 0) is 33.1 Å². The van der Waals surface area contributed by atoms with Crippen LogP contribution in [0.5, 0.6) is 0 Å². The van der Waals surface area contributed by atoms with Crippen molar-refractivity contribution < 1.29 is 13.2 Å². The number of hydrogen-bond donors (Lipinski definition) is 1. The van der Waals surface area contributed by atoms with Gasteiger partial charge in [0, 0.05) is 24.6 Å². The van der Waals surface area contributed by atoms with E-state index in [1.54, 1.807) is 4.90 Å². The number of carbonyl (C=O) groups excluding carboxylic acids is 1. The maximum Gasteiger partial charge on any atom is 0.233 e. The van der Waals surface area contributed by atoms with E-state index in [2.05, 4.69) is 10.2 Å². The Balaban J connectivity index is 1.95. The maximum absolute atomic E-state index is 12.1. The lowest BCUT2D eigenvalue weighted by Gasteiger charge is -2.26. The van der Waals surface area contributed by atoms with E-state index in [0.29, 0.717) is 29.8 Å². The van der Waals surface area contributed by atoms with E-state index in [4.69, 9.17) is 5.84 Å². The predicted octanol–water partition coefficient (Wildman–Crippen LogP) is 1.40. The fourth-order valence-electron chi connectivity index (χ4n) is 2.98. The summed E-state index contributed by atoms with van der Waals surface area (Å²) in [6.07, 6.45) is 4.46. The molecule has 26 heavy (non-hydrogen) atoms. The van der Waals surface area contributed by atoms with E-state index in [0.717, 1.165) is 19.3 Å². The van der Waals surface area contributed by atoms with Crippen molar-refractivity contribution in [3.8, 4) is 0 Å². The fourth-order valence-corrected chi connectivity index (χ4v) is 6.30. The van der Waals surface area contributed by atoms with Gasteiger partial charge in [-0.3, -0.25) is 4.79 Å². The first kappa shape index (κ1) is 21.4. The Labute approximate surface area is 163 Å². The number of nitrogens with zero attached hydrogens (tertiary/aromatic N) is 4. The van der Waals surface area contributed by atoms with E-state index in [1.165, 1.54) is 34.5 Å². The molecule has 0 aliphatic heterocycles. The standard InChI is InChI=1S/C15H27N5O3S3/c1-4-19(5-2)13(21)10-24-14-17-18-15(20(14)16)25-11-7-6-8-12(9-11)26(3,22)23/h11-12H,4-10,16H2,1-3H3/t11-,12+/m1/s1. The minimum atomic E-state index is -3.02. The van der Waals surface area contributed by atoms with E-state index in [-0.39, 0.29) is 22.2 Å². The van der Waals surface area contributed by atoms with Gasteiger partial charge in [-0.15, -0.1) is 10.2 Å². The first-order valence-electron chi connectivity index (χ1n) is 8.72. The SMILES string of the molecule is CCN(CC)C(=O)CSc1nnc(S[C@@H]2CCC[C@H](S(C)(=O)=O)C2)n1N. The maximum atomic E-state index is 12.1. The fraction of sp³-hybridized carbons (Fsp3) is 0.800. The molecule has 2 N–H and O–H groups in total. The topological polar surface area (TPSA) is 111 Å². The van der Waals surface area contributed by atoms with Crippen LogP contribution in [0, 0.1) is 0 Å². The van der Waals surface area contributed by atoms with E-state index >= 15 is 0 Å². The van der Waals surface area contributed by atoms with E-state index in [1.807, 2.05) is 13.8 Å². The van der Waals surface area contributed by atoms with Crippen molar-refractivity contribution >= 4 is 39.3 Å². The third-order valence-corrected chi connectivity index (χ3v) is 8.35. The molecular formula is C15H27N5O3S3. The number of nitrogen functional groups attached to an aromatic ring is 1. The molecular weight excluding hydrogens is 394 g/mol. The second-order valence-corrected chi connectivity index (χ2v) is 10.9. The van der Waals surface area contributed by atoms with Crippen molar-refractivity contribution in [2.75, 3.05) is 30.9 Å². The van der Waals surface area contributed by atoms with Crippen molar-refractivity contribution in [1.82, 2.24) is 19.8 Å². The number of hydrogen-bond acceptors (Lipinski definition) is 8. The third-order valence-electron chi connectivity index (χ3n) is 4.53. The Morgan fingerprint density at radius 2 is 1.92 bits per heavy atom. The Bertz CT molecular complexity index is 718. The van der Waals surface area contributed by atoms with Crippen LogP contribution in [0.25, 0.3) is 0 Å². The van der Waals surface area contributed by atoms with Crippen LogP contribution in [0.3, 0.4) is 0 Å². The van der Waals surface area contributed by atoms with Crippen LogP contribution in [-0.4, -0.2) is 69.7 Å². The van der Waals surface area contributed by atoms with Crippen LogP contribution in [0.4, 0.5) is 0 Å². The molecule has 1 saturated carbocycles. The van der Waals surface area contributed by atoms with Gasteiger partial charge in [-0.1, -0.05) is 29.9 Å². The third kappa shape index (κ3) is 5.53. The van der Waals surface area contributed by atoms with Gasteiger partial charge in [-0.2, -0.15) is 0 Å². The van der Waals surface area contributed by atoms with Gasteiger partial charge in [-0.25, -0.2) is 13.1 Å². The summed E-state index contributed by atoms with van der Waals surface area (Å²) < 4.78 is 25.0. The summed E-state index contributed by atoms with van der Waals surface area (Å²) in [5, 5.41) is 9.10. The van der Waals surface area contributed by atoms with Gasteiger partial charge >= 0.3 is 0 Å². The summed E-state index contributed by atoms with van der Waals surface area (Å²) >= 11 is 2.74. The number of amides is 1. The van der Waals surface area contributed by atoms with Crippen LogP contribution >= 0.6 is 23.5 Å². The molecule has 0 unspecified atom stereocenters. The van der Waals surface area contributed by atoms with Crippen LogP contribution < -0.4 is 5.84 Å². The summed E-state index contributed by atoms with van der Waals surface area (Å²) in [5.41, 5.74) is 0. The quantitative estimate of drug-likeness (QED) is 0.495. The molecule has 1 aliphatic carbocycles. The molecule has 1 fully saturated rings. The summed E-state index contributed by atoms with van der Waals surface area (Å²) in [5.74, 6) is 6.38. The smallest absolute Gasteiger partial charge is 0.233 e. The second-order valence-electron chi connectivity index (χ2n) is 6.35. The minimum absolute atomic E-state index is 0.0421. The summed E-state index contributed by atoms with van der Waals surface area (Å²) in [6.45, 7) is 5.24. The van der Waals surface area contributed by atoms with Crippen LogP contribution in [0.1, 0.15) is 39.5 Å². The van der Waals surface area contributed by atoms with Crippen LogP contribution in [0.15, 0.2) is 10.3 Å². The van der Waals surface area contributed by atoms with Gasteiger partial charge in [0.15, 0.2) is 0 Å². The molecule has 2 atom stereocenters. The molecule has 11 heteroatoms. The molecule has 0 spiro atoms. The molecule has 1 aromatic rings. The normalized spacial score (nSPS) is 20.9. The molecule has 1 heterocycles. The lowest BCUT2D eigenvalue weighted by Crippen LogP contribution is -2.32. The van der Waals surface area contributed by atoms with Crippen molar-refractivity contribution in [2.45, 2.75) is 60.3 Å². The van der Waals surface area contributed by atoms with E-state index < -0.39 is 9.84 Å². The van der Waals surface area contributed by atoms with Crippen LogP contribution in [-0.2, 0) is 14.6 Å².